The van der Waals surface area contributed by atoms with Gasteiger partial charge in [-0.05, 0) is 30.0 Å². The van der Waals surface area contributed by atoms with Gasteiger partial charge < -0.3 is 15.4 Å². The van der Waals surface area contributed by atoms with Crippen LogP contribution in [0.4, 0.5) is 0 Å². The van der Waals surface area contributed by atoms with Gasteiger partial charge in [-0.1, -0.05) is 18.2 Å². The standard InChI is InChI=1S/C13H16N2O/c16-13(5-7-14-9-13)8-11-3-1-2-10-4-6-15-12(10)11/h1-4,6,14-16H,5,7-9H2. The number of nitrogens with one attached hydrogen (secondary N) is 2. The summed E-state index contributed by atoms with van der Waals surface area (Å²) in [5, 5.41) is 14.8. The summed E-state index contributed by atoms with van der Waals surface area (Å²) in [6, 6.07) is 8.30. The van der Waals surface area contributed by atoms with Gasteiger partial charge in [0.25, 0.3) is 0 Å². The fourth-order valence-electron chi connectivity index (χ4n) is 2.53. The number of aliphatic hydroxyl groups is 1. The van der Waals surface area contributed by atoms with Gasteiger partial charge in [0.05, 0.1) is 5.60 Å². The van der Waals surface area contributed by atoms with E-state index in [1.54, 1.807) is 0 Å². The summed E-state index contributed by atoms with van der Waals surface area (Å²) in [6.07, 6.45) is 3.51. The van der Waals surface area contributed by atoms with E-state index in [-0.39, 0.29) is 0 Å². The lowest BCUT2D eigenvalue weighted by atomic mass is 9.93. The Hall–Kier alpha value is -1.32. The average Bonchev–Trinajstić information content (AvgIpc) is 2.87. The van der Waals surface area contributed by atoms with Crippen LogP contribution in [0.1, 0.15) is 12.0 Å². The first kappa shape index (κ1) is 9.87. The van der Waals surface area contributed by atoms with E-state index in [0.717, 1.165) is 24.9 Å². The van der Waals surface area contributed by atoms with E-state index < -0.39 is 5.60 Å². The molecule has 1 unspecified atom stereocenters. The molecule has 1 aliphatic rings. The molecule has 3 heteroatoms. The Morgan fingerprint density at radius 1 is 1.31 bits per heavy atom. The molecule has 3 nitrogen and oxygen atoms in total. The van der Waals surface area contributed by atoms with E-state index in [1.807, 2.05) is 6.20 Å². The van der Waals surface area contributed by atoms with Crippen molar-refractivity contribution in [1.82, 2.24) is 10.3 Å². The molecule has 1 aliphatic heterocycles. The summed E-state index contributed by atoms with van der Waals surface area (Å²) in [5.74, 6) is 0. The van der Waals surface area contributed by atoms with Crippen molar-refractivity contribution in [2.24, 2.45) is 0 Å². The van der Waals surface area contributed by atoms with E-state index in [0.29, 0.717) is 6.54 Å². The molecule has 1 atom stereocenters. The van der Waals surface area contributed by atoms with Crippen molar-refractivity contribution >= 4 is 10.9 Å². The Kier molecular flexibility index (Phi) is 2.23. The summed E-state index contributed by atoms with van der Waals surface area (Å²) >= 11 is 0. The molecule has 1 saturated heterocycles. The number of para-hydroxylation sites is 1. The van der Waals surface area contributed by atoms with Crippen molar-refractivity contribution in [3.05, 3.63) is 36.0 Å². The monoisotopic (exact) mass is 216 g/mol. The molecule has 0 amide bonds. The van der Waals surface area contributed by atoms with Gasteiger partial charge in [-0.25, -0.2) is 0 Å². The zero-order valence-corrected chi connectivity index (χ0v) is 9.16. The van der Waals surface area contributed by atoms with Crippen molar-refractivity contribution in [2.75, 3.05) is 13.1 Å². The predicted molar refractivity (Wildman–Crippen MR) is 64.4 cm³/mol. The van der Waals surface area contributed by atoms with Crippen molar-refractivity contribution < 1.29 is 5.11 Å². The van der Waals surface area contributed by atoms with Gasteiger partial charge in [0, 0.05) is 24.7 Å². The van der Waals surface area contributed by atoms with Crippen molar-refractivity contribution in [2.45, 2.75) is 18.4 Å². The normalized spacial score (nSPS) is 25.3. The van der Waals surface area contributed by atoms with Crippen molar-refractivity contribution in [3.8, 4) is 0 Å². The third kappa shape index (κ3) is 1.62. The highest BCUT2D eigenvalue weighted by Crippen LogP contribution is 2.25. The maximum absolute atomic E-state index is 10.4. The number of aromatic nitrogens is 1. The number of H-pyrrole nitrogens is 1. The van der Waals surface area contributed by atoms with Crippen LogP contribution in [-0.4, -0.2) is 28.8 Å². The van der Waals surface area contributed by atoms with Crippen LogP contribution in [0, 0.1) is 0 Å². The van der Waals surface area contributed by atoms with E-state index in [1.165, 1.54) is 10.9 Å². The summed E-state index contributed by atoms with van der Waals surface area (Å²) in [5.41, 5.74) is 1.79. The van der Waals surface area contributed by atoms with Gasteiger partial charge in [0.15, 0.2) is 0 Å². The van der Waals surface area contributed by atoms with E-state index in [9.17, 15) is 5.11 Å². The van der Waals surface area contributed by atoms with Crippen LogP contribution in [0.25, 0.3) is 10.9 Å². The minimum atomic E-state index is -0.570. The number of hydrogen-bond acceptors (Lipinski definition) is 2. The first-order valence-corrected chi connectivity index (χ1v) is 5.75. The lowest BCUT2D eigenvalue weighted by Crippen LogP contribution is -2.33. The fourth-order valence-corrected chi connectivity index (χ4v) is 2.53. The lowest BCUT2D eigenvalue weighted by Gasteiger charge is -2.21. The molecule has 16 heavy (non-hydrogen) atoms. The quantitative estimate of drug-likeness (QED) is 0.711. The molecule has 2 aromatic rings. The van der Waals surface area contributed by atoms with Crippen LogP contribution >= 0.6 is 0 Å². The third-order valence-corrected chi connectivity index (χ3v) is 3.41. The Balaban J connectivity index is 1.96. The third-order valence-electron chi connectivity index (χ3n) is 3.41. The summed E-state index contributed by atoms with van der Waals surface area (Å²) in [6.45, 7) is 1.61. The SMILES string of the molecule is OC1(Cc2cccc3cc[nH]c23)CCNC1. The zero-order chi connectivity index (χ0) is 11.0. The molecule has 3 rings (SSSR count). The largest absolute Gasteiger partial charge is 0.388 e. The topological polar surface area (TPSA) is 48.0 Å². The average molecular weight is 216 g/mol. The molecular weight excluding hydrogens is 200 g/mol. The van der Waals surface area contributed by atoms with Crippen LogP contribution in [-0.2, 0) is 6.42 Å². The highest BCUT2D eigenvalue weighted by Gasteiger charge is 2.31. The number of β-amino-alcohol motifs (C(OH)–C–C–N with tert-alkyl or cyclic N) is 1. The second-order valence-electron chi connectivity index (χ2n) is 4.69. The molecule has 0 saturated carbocycles. The van der Waals surface area contributed by atoms with Gasteiger partial charge in [-0.3, -0.25) is 0 Å². The highest BCUT2D eigenvalue weighted by atomic mass is 16.3. The molecule has 84 valence electrons. The summed E-state index contributed by atoms with van der Waals surface area (Å²) in [4.78, 5) is 3.25. The minimum absolute atomic E-state index is 0.570. The van der Waals surface area contributed by atoms with Gasteiger partial charge in [-0.2, -0.15) is 0 Å². The second-order valence-corrected chi connectivity index (χ2v) is 4.69. The molecule has 0 bridgehead atoms. The van der Waals surface area contributed by atoms with E-state index in [2.05, 4.69) is 34.6 Å². The van der Waals surface area contributed by atoms with E-state index >= 15 is 0 Å². The van der Waals surface area contributed by atoms with Crippen molar-refractivity contribution in [3.63, 3.8) is 0 Å². The maximum atomic E-state index is 10.4. The Labute approximate surface area is 94.5 Å². The number of fused-ring (bicyclic) bond motifs is 1. The van der Waals surface area contributed by atoms with Crippen LogP contribution in [0.2, 0.25) is 0 Å². The first-order chi connectivity index (χ1) is 7.77. The first-order valence-electron chi connectivity index (χ1n) is 5.75. The molecule has 3 N–H and O–H groups in total. The Morgan fingerprint density at radius 2 is 2.25 bits per heavy atom. The Morgan fingerprint density at radius 3 is 3.06 bits per heavy atom. The second kappa shape index (κ2) is 3.61. The fraction of sp³-hybridized carbons (Fsp3) is 0.385. The molecule has 1 aromatic heterocycles. The number of hydrogen-bond donors (Lipinski definition) is 3. The van der Waals surface area contributed by atoms with Gasteiger partial charge in [0.1, 0.15) is 0 Å². The summed E-state index contributed by atoms with van der Waals surface area (Å²) in [7, 11) is 0. The van der Waals surface area contributed by atoms with Gasteiger partial charge >= 0.3 is 0 Å². The number of aromatic amines is 1. The molecule has 1 fully saturated rings. The van der Waals surface area contributed by atoms with Gasteiger partial charge in [0.2, 0.25) is 0 Å². The van der Waals surface area contributed by atoms with Crippen LogP contribution < -0.4 is 5.32 Å². The number of benzene rings is 1. The molecular formula is C13H16N2O. The molecule has 0 spiro atoms. The molecule has 2 heterocycles. The lowest BCUT2D eigenvalue weighted by molar-refractivity contribution is 0.0622. The summed E-state index contributed by atoms with van der Waals surface area (Å²) < 4.78 is 0. The highest BCUT2D eigenvalue weighted by molar-refractivity contribution is 5.82. The number of rotatable bonds is 2. The Bertz CT molecular complexity index is 497. The van der Waals surface area contributed by atoms with Crippen LogP contribution in [0.5, 0.6) is 0 Å². The van der Waals surface area contributed by atoms with E-state index in [4.69, 9.17) is 0 Å². The molecule has 0 radical (unpaired) electrons. The molecule has 1 aromatic carbocycles. The zero-order valence-electron chi connectivity index (χ0n) is 9.16. The minimum Gasteiger partial charge on any atom is -0.388 e. The van der Waals surface area contributed by atoms with Gasteiger partial charge in [-0.15, -0.1) is 0 Å². The smallest absolute Gasteiger partial charge is 0.0824 e. The van der Waals surface area contributed by atoms with Crippen LogP contribution in [0.3, 0.4) is 0 Å². The maximum Gasteiger partial charge on any atom is 0.0824 e. The van der Waals surface area contributed by atoms with Crippen molar-refractivity contribution in [1.29, 1.82) is 0 Å². The molecule has 0 aliphatic carbocycles. The predicted octanol–water partition coefficient (Wildman–Crippen LogP) is 1.43. The van der Waals surface area contributed by atoms with Crippen LogP contribution in [0.15, 0.2) is 30.5 Å².